The van der Waals surface area contributed by atoms with Gasteiger partial charge in [0.05, 0.1) is 5.71 Å². The number of aryl methyl sites for hydroxylation is 1. The molecule has 0 aliphatic rings. The SMILES string of the molecule is C/C(=N/NC(=O)c1ccccc1C)c1cccc(OCC(=O)O)c1. The van der Waals surface area contributed by atoms with Crippen LogP contribution in [0.1, 0.15) is 28.4 Å². The number of aliphatic carboxylic acids is 1. The fourth-order valence-electron chi connectivity index (χ4n) is 2.04. The standard InChI is InChI=1S/C18H18N2O4/c1-12-6-3-4-9-16(12)18(23)20-19-13(2)14-7-5-8-15(10-14)24-11-17(21)22/h3-10H,11H2,1-2H3,(H,20,23)(H,21,22)/b19-13-. The Bertz CT molecular complexity index is 784. The van der Waals surface area contributed by atoms with Gasteiger partial charge >= 0.3 is 5.97 Å². The fraction of sp³-hybridized carbons (Fsp3) is 0.167. The molecule has 0 aliphatic carbocycles. The summed E-state index contributed by atoms with van der Waals surface area (Å²) in [5.74, 6) is -0.906. The average Bonchev–Trinajstić information content (AvgIpc) is 2.58. The Morgan fingerprint density at radius 2 is 1.92 bits per heavy atom. The number of rotatable bonds is 6. The molecule has 6 heteroatoms. The van der Waals surface area contributed by atoms with Crippen LogP contribution in [0, 0.1) is 6.92 Å². The molecule has 0 heterocycles. The van der Waals surface area contributed by atoms with E-state index < -0.39 is 12.6 Å². The van der Waals surface area contributed by atoms with E-state index in [2.05, 4.69) is 10.5 Å². The van der Waals surface area contributed by atoms with Gasteiger partial charge in [-0.3, -0.25) is 4.79 Å². The van der Waals surface area contributed by atoms with Crippen molar-refractivity contribution in [3.63, 3.8) is 0 Å². The van der Waals surface area contributed by atoms with Crippen LogP contribution in [0.15, 0.2) is 53.6 Å². The van der Waals surface area contributed by atoms with Crippen molar-refractivity contribution in [3.05, 3.63) is 65.2 Å². The van der Waals surface area contributed by atoms with Crippen molar-refractivity contribution in [3.8, 4) is 5.75 Å². The molecule has 0 atom stereocenters. The van der Waals surface area contributed by atoms with E-state index in [9.17, 15) is 9.59 Å². The van der Waals surface area contributed by atoms with Crippen molar-refractivity contribution in [1.29, 1.82) is 0 Å². The summed E-state index contributed by atoms with van der Waals surface area (Å²) in [4.78, 5) is 22.7. The zero-order valence-corrected chi connectivity index (χ0v) is 13.4. The Balaban J connectivity index is 2.08. The maximum atomic E-state index is 12.1. The van der Waals surface area contributed by atoms with Gasteiger partial charge in [0.2, 0.25) is 0 Å². The zero-order valence-electron chi connectivity index (χ0n) is 13.4. The summed E-state index contributed by atoms with van der Waals surface area (Å²) < 4.78 is 5.13. The Morgan fingerprint density at radius 1 is 1.17 bits per heavy atom. The molecule has 24 heavy (non-hydrogen) atoms. The van der Waals surface area contributed by atoms with Crippen molar-refractivity contribution in [2.75, 3.05) is 6.61 Å². The van der Waals surface area contributed by atoms with Crippen LogP contribution in [0.25, 0.3) is 0 Å². The number of amides is 1. The summed E-state index contributed by atoms with van der Waals surface area (Å²) in [5, 5.41) is 12.7. The van der Waals surface area contributed by atoms with Gasteiger partial charge in [0.15, 0.2) is 6.61 Å². The third-order valence-electron chi connectivity index (χ3n) is 3.33. The van der Waals surface area contributed by atoms with E-state index in [1.54, 1.807) is 43.3 Å². The maximum Gasteiger partial charge on any atom is 0.341 e. The van der Waals surface area contributed by atoms with E-state index in [1.165, 1.54) is 0 Å². The molecule has 0 radical (unpaired) electrons. The minimum Gasteiger partial charge on any atom is -0.482 e. The summed E-state index contributed by atoms with van der Waals surface area (Å²) in [7, 11) is 0. The predicted octanol–water partition coefficient (Wildman–Crippen LogP) is 2.61. The maximum absolute atomic E-state index is 12.1. The van der Waals surface area contributed by atoms with E-state index in [0.29, 0.717) is 17.0 Å². The molecule has 1 amide bonds. The van der Waals surface area contributed by atoms with Crippen LogP contribution >= 0.6 is 0 Å². The second kappa shape index (κ2) is 7.92. The molecule has 124 valence electrons. The van der Waals surface area contributed by atoms with Crippen molar-refractivity contribution < 1.29 is 19.4 Å². The lowest BCUT2D eigenvalue weighted by atomic mass is 10.1. The molecule has 0 unspecified atom stereocenters. The molecule has 0 spiro atoms. The smallest absolute Gasteiger partial charge is 0.341 e. The third-order valence-corrected chi connectivity index (χ3v) is 3.33. The number of hydrogen-bond donors (Lipinski definition) is 2. The first kappa shape index (κ1) is 17.2. The van der Waals surface area contributed by atoms with Crippen LogP contribution in [0.3, 0.4) is 0 Å². The molecular formula is C18H18N2O4. The molecule has 2 aromatic carbocycles. The number of benzene rings is 2. The Labute approximate surface area is 139 Å². The van der Waals surface area contributed by atoms with Crippen LogP contribution in [0.4, 0.5) is 0 Å². The summed E-state index contributed by atoms with van der Waals surface area (Å²) >= 11 is 0. The van der Waals surface area contributed by atoms with E-state index in [-0.39, 0.29) is 5.91 Å². The highest BCUT2D eigenvalue weighted by Gasteiger charge is 2.08. The van der Waals surface area contributed by atoms with Crippen molar-refractivity contribution in [1.82, 2.24) is 5.43 Å². The quantitative estimate of drug-likeness (QED) is 0.631. The molecule has 2 rings (SSSR count). The molecule has 0 fully saturated rings. The normalized spacial score (nSPS) is 11.0. The lowest BCUT2D eigenvalue weighted by Gasteiger charge is -2.07. The van der Waals surface area contributed by atoms with Gasteiger partial charge < -0.3 is 9.84 Å². The molecule has 0 saturated carbocycles. The lowest BCUT2D eigenvalue weighted by Crippen LogP contribution is -2.20. The number of carboxylic acids is 1. The molecule has 6 nitrogen and oxygen atoms in total. The van der Waals surface area contributed by atoms with Gasteiger partial charge in [0.25, 0.3) is 5.91 Å². The van der Waals surface area contributed by atoms with E-state index in [1.807, 2.05) is 19.1 Å². The third kappa shape index (κ3) is 4.67. The first-order valence-corrected chi connectivity index (χ1v) is 7.32. The predicted molar refractivity (Wildman–Crippen MR) is 90.4 cm³/mol. The summed E-state index contributed by atoms with van der Waals surface area (Å²) in [6.45, 7) is 3.19. The second-order valence-corrected chi connectivity index (χ2v) is 5.16. The van der Waals surface area contributed by atoms with Gasteiger partial charge in [-0.05, 0) is 37.6 Å². The number of hydrazone groups is 1. The fourth-order valence-corrected chi connectivity index (χ4v) is 2.04. The lowest BCUT2D eigenvalue weighted by molar-refractivity contribution is -0.139. The van der Waals surface area contributed by atoms with Gasteiger partial charge in [-0.2, -0.15) is 5.10 Å². The Hall–Kier alpha value is -3.15. The molecule has 2 aromatic rings. The summed E-state index contributed by atoms with van der Waals surface area (Å²) in [5.41, 5.74) is 5.26. The van der Waals surface area contributed by atoms with Crippen LogP contribution in [0.5, 0.6) is 5.75 Å². The van der Waals surface area contributed by atoms with Crippen molar-refractivity contribution in [2.24, 2.45) is 5.10 Å². The van der Waals surface area contributed by atoms with E-state index in [0.717, 1.165) is 11.1 Å². The molecule has 0 saturated heterocycles. The van der Waals surface area contributed by atoms with Crippen LogP contribution in [-0.4, -0.2) is 29.3 Å². The van der Waals surface area contributed by atoms with Gasteiger partial charge in [-0.25, -0.2) is 10.2 Å². The number of nitrogens with one attached hydrogen (secondary N) is 1. The monoisotopic (exact) mass is 326 g/mol. The summed E-state index contributed by atoms with van der Waals surface area (Å²) in [6, 6.07) is 14.1. The van der Waals surface area contributed by atoms with E-state index >= 15 is 0 Å². The van der Waals surface area contributed by atoms with Crippen molar-refractivity contribution in [2.45, 2.75) is 13.8 Å². The topological polar surface area (TPSA) is 88.0 Å². The number of carboxylic acid groups (broad SMARTS) is 1. The number of carbonyl (C=O) groups is 2. The Morgan fingerprint density at radius 3 is 2.62 bits per heavy atom. The minimum atomic E-state index is -1.05. The van der Waals surface area contributed by atoms with Gasteiger partial charge in [-0.1, -0.05) is 30.3 Å². The second-order valence-electron chi connectivity index (χ2n) is 5.16. The average molecular weight is 326 g/mol. The first-order valence-electron chi connectivity index (χ1n) is 7.32. The molecule has 0 aliphatic heterocycles. The first-order chi connectivity index (χ1) is 11.5. The number of hydrogen-bond acceptors (Lipinski definition) is 4. The zero-order chi connectivity index (χ0) is 17.5. The van der Waals surface area contributed by atoms with Crippen molar-refractivity contribution >= 4 is 17.6 Å². The van der Waals surface area contributed by atoms with Gasteiger partial charge in [-0.15, -0.1) is 0 Å². The largest absolute Gasteiger partial charge is 0.482 e. The molecule has 0 bridgehead atoms. The number of nitrogens with zero attached hydrogens (tertiary/aromatic N) is 1. The minimum absolute atomic E-state index is 0.286. The highest BCUT2D eigenvalue weighted by atomic mass is 16.5. The van der Waals surface area contributed by atoms with E-state index in [4.69, 9.17) is 9.84 Å². The summed E-state index contributed by atoms with van der Waals surface area (Å²) in [6.07, 6.45) is 0. The van der Waals surface area contributed by atoms with Gasteiger partial charge in [0, 0.05) is 11.1 Å². The molecule has 0 aromatic heterocycles. The molecule has 2 N–H and O–H groups in total. The molecular weight excluding hydrogens is 308 g/mol. The van der Waals surface area contributed by atoms with Crippen LogP contribution in [-0.2, 0) is 4.79 Å². The Kier molecular flexibility index (Phi) is 5.68. The highest BCUT2D eigenvalue weighted by molar-refractivity contribution is 6.01. The van der Waals surface area contributed by atoms with Gasteiger partial charge in [0.1, 0.15) is 5.75 Å². The number of ether oxygens (including phenoxy) is 1. The van der Waals surface area contributed by atoms with Crippen LogP contribution < -0.4 is 10.2 Å². The number of carbonyl (C=O) groups excluding carboxylic acids is 1. The van der Waals surface area contributed by atoms with Crippen LogP contribution in [0.2, 0.25) is 0 Å². The highest BCUT2D eigenvalue weighted by Crippen LogP contribution is 2.14.